The molecule has 100 valence electrons. The van der Waals surface area contributed by atoms with Crippen LogP contribution in [0.4, 0.5) is 5.69 Å². The highest BCUT2D eigenvalue weighted by molar-refractivity contribution is 6.06. The van der Waals surface area contributed by atoms with Crippen LogP contribution in [0.5, 0.6) is 5.75 Å². The lowest BCUT2D eigenvalue weighted by molar-refractivity contribution is -0.384. The van der Waals surface area contributed by atoms with E-state index in [0.717, 1.165) is 0 Å². The van der Waals surface area contributed by atoms with Crippen LogP contribution in [-0.4, -0.2) is 15.8 Å². The van der Waals surface area contributed by atoms with Gasteiger partial charge in [0.1, 0.15) is 5.75 Å². The van der Waals surface area contributed by atoms with Gasteiger partial charge in [0, 0.05) is 17.7 Å². The van der Waals surface area contributed by atoms with Gasteiger partial charge in [-0.15, -0.1) is 0 Å². The fourth-order valence-electron chi connectivity index (χ4n) is 1.64. The Hall–Kier alpha value is -2.95. The van der Waals surface area contributed by atoms with Crippen molar-refractivity contribution in [3.63, 3.8) is 0 Å². The van der Waals surface area contributed by atoms with Crippen molar-refractivity contribution in [1.29, 1.82) is 0 Å². The quantitative estimate of drug-likeness (QED) is 0.400. The molecule has 0 saturated carbocycles. The van der Waals surface area contributed by atoms with E-state index in [9.17, 15) is 20.0 Å². The summed E-state index contributed by atoms with van der Waals surface area (Å²) < 4.78 is 0. The van der Waals surface area contributed by atoms with Gasteiger partial charge in [-0.05, 0) is 35.9 Å². The molecule has 0 bridgehead atoms. The first-order chi connectivity index (χ1) is 9.56. The fourth-order valence-corrected chi connectivity index (χ4v) is 1.64. The van der Waals surface area contributed by atoms with Crippen LogP contribution in [0.2, 0.25) is 0 Å². The van der Waals surface area contributed by atoms with E-state index in [1.807, 2.05) is 0 Å². The van der Waals surface area contributed by atoms with Crippen LogP contribution >= 0.6 is 0 Å². The van der Waals surface area contributed by atoms with Crippen molar-refractivity contribution in [1.82, 2.24) is 0 Å². The van der Waals surface area contributed by atoms with E-state index in [-0.39, 0.29) is 17.2 Å². The monoisotopic (exact) mass is 269 g/mol. The molecule has 0 aliphatic rings. The highest BCUT2D eigenvalue weighted by Crippen LogP contribution is 2.15. The highest BCUT2D eigenvalue weighted by Gasteiger charge is 2.07. The second kappa shape index (κ2) is 5.79. The zero-order valence-electron chi connectivity index (χ0n) is 10.4. The van der Waals surface area contributed by atoms with Gasteiger partial charge in [0.05, 0.1) is 4.92 Å². The molecule has 0 saturated heterocycles. The number of hydrogen-bond donors (Lipinski definition) is 1. The first-order valence-electron chi connectivity index (χ1n) is 5.82. The van der Waals surface area contributed by atoms with E-state index in [4.69, 9.17) is 0 Å². The molecule has 0 atom stereocenters. The lowest BCUT2D eigenvalue weighted by Gasteiger charge is -1.97. The summed E-state index contributed by atoms with van der Waals surface area (Å²) >= 11 is 0. The Labute approximate surface area is 115 Å². The highest BCUT2D eigenvalue weighted by atomic mass is 16.6. The molecule has 0 fully saturated rings. The second-order valence-electron chi connectivity index (χ2n) is 4.10. The Morgan fingerprint density at radius 2 is 1.85 bits per heavy atom. The Bertz CT molecular complexity index is 675. The Morgan fingerprint density at radius 1 is 1.15 bits per heavy atom. The molecule has 5 nitrogen and oxygen atoms in total. The second-order valence-corrected chi connectivity index (χ2v) is 4.10. The number of phenols is 1. The molecule has 0 amide bonds. The lowest BCUT2D eigenvalue weighted by atomic mass is 10.1. The summed E-state index contributed by atoms with van der Waals surface area (Å²) in [5.41, 5.74) is 1.01. The molecular formula is C15H11NO4. The number of ketones is 1. The maximum absolute atomic E-state index is 11.9. The Morgan fingerprint density at radius 3 is 2.45 bits per heavy atom. The van der Waals surface area contributed by atoms with E-state index < -0.39 is 4.92 Å². The number of rotatable bonds is 4. The maximum Gasteiger partial charge on any atom is 0.269 e. The maximum atomic E-state index is 11.9. The minimum Gasteiger partial charge on any atom is -0.508 e. The number of hydrogen-bond acceptors (Lipinski definition) is 4. The summed E-state index contributed by atoms with van der Waals surface area (Å²) in [7, 11) is 0. The molecule has 1 N–H and O–H groups in total. The van der Waals surface area contributed by atoms with Crippen molar-refractivity contribution in [2.45, 2.75) is 0 Å². The number of benzene rings is 2. The van der Waals surface area contributed by atoms with Crippen LogP contribution in [0.15, 0.2) is 54.6 Å². The molecule has 2 aromatic carbocycles. The van der Waals surface area contributed by atoms with Gasteiger partial charge >= 0.3 is 0 Å². The number of nitro benzene ring substituents is 1. The predicted octanol–water partition coefficient (Wildman–Crippen LogP) is 3.20. The molecule has 20 heavy (non-hydrogen) atoms. The zero-order chi connectivity index (χ0) is 14.5. The fraction of sp³-hybridized carbons (Fsp3) is 0. The van der Waals surface area contributed by atoms with Crippen LogP contribution in [0, 0.1) is 10.1 Å². The van der Waals surface area contributed by atoms with Gasteiger partial charge in [-0.1, -0.05) is 18.2 Å². The van der Waals surface area contributed by atoms with Crippen LogP contribution in [-0.2, 0) is 0 Å². The Kier molecular flexibility index (Phi) is 3.91. The molecular weight excluding hydrogens is 258 g/mol. The molecule has 0 spiro atoms. The third kappa shape index (κ3) is 3.29. The minimum atomic E-state index is -0.517. The van der Waals surface area contributed by atoms with Crippen molar-refractivity contribution in [3.8, 4) is 5.75 Å². The van der Waals surface area contributed by atoms with Gasteiger partial charge < -0.3 is 5.11 Å². The number of nitrogens with zero attached hydrogens (tertiary/aromatic N) is 1. The molecule has 0 heterocycles. The van der Waals surface area contributed by atoms with Crippen LogP contribution in [0.1, 0.15) is 15.9 Å². The first-order valence-corrected chi connectivity index (χ1v) is 5.82. The van der Waals surface area contributed by atoms with Gasteiger partial charge in [-0.25, -0.2) is 0 Å². The molecule has 0 aromatic heterocycles. The van der Waals surface area contributed by atoms with Gasteiger partial charge in [0.25, 0.3) is 5.69 Å². The molecule has 0 aliphatic carbocycles. The number of carbonyl (C=O) groups excluding carboxylic acids is 1. The normalized spacial score (nSPS) is 10.6. The minimum absolute atomic E-state index is 0.0569. The summed E-state index contributed by atoms with van der Waals surface area (Å²) in [5, 5.41) is 19.8. The van der Waals surface area contributed by atoms with E-state index in [2.05, 4.69) is 0 Å². The van der Waals surface area contributed by atoms with E-state index in [0.29, 0.717) is 11.1 Å². The van der Waals surface area contributed by atoms with E-state index in [1.54, 1.807) is 18.2 Å². The summed E-state index contributed by atoms with van der Waals surface area (Å²) in [4.78, 5) is 21.9. The van der Waals surface area contributed by atoms with Gasteiger partial charge in [-0.2, -0.15) is 0 Å². The van der Waals surface area contributed by atoms with Gasteiger partial charge in [0.2, 0.25) is 0 Å². The summed E-state index contributed by atoms with van der Waals surface area (Å²) in [6, 6.07) is 11.9. The number of phenolic OH excluding ortho intramolecular Hbond substituents is 1. The van der Waals surface area contributed by atoms with E-state index in [1.165, 1.54) is 42.5 Å². The molecule has 0 unspecified atom stereocenters. The lowest BCUT2D eigenvalue weighted by Crippen LogP contribution is -1.95. The predicted molar refractivity (Wildman–Crippen MR) is 74.6 cm³/mol. The van der Waals surface area contributed by atoms with Crippen molar-refractivity contribution >= 4 is 17.5 Å². The number of aromatic hydroxyl groups is 1. The molecule has 0 radical (unpaired) electrons. The number of allylic oxidation sites excluding steroid dienone is 1. The van der Waals surface area contributed by atoms with Gasteiger partial charge in [0.15, 0.2) is 5.78 Å². The van der Waals surface area contributed by atoms with Gasteiger partial charge in [-0.3, -0.25) is 14.9 Å². The average Bonchev–Trinajstić information content (AvgIpc) is 2.45. The summed E-state index contributed by atoms with van der Waals surface area (Å²) in [6.45, 7) is 0. The number of carbonyl (C=O) groups is 1. The van der Waals surface area contributed by atoms with Crippen molar-refractivity contribution in [3.05, 3.63) is 75.8 Å². The van der Waals surface area contributed by atoms with Crippen molar-refractivity contribution in [2.24, 2.45) is 0 Å². The number of non-ortho nitro benzene ring substituents is 1. The van der Waals surface area contributed by atoms with Crippen molar-refractivity contribution in [2.75, 3.05) is 0 Å². The third-order valence-corrected chi connectivity index (χ3v) is 2.66. The zero-order valence-corrected chi connectivity index (χ0v) is 10.4. The smallest absolute Gasteiger partial charge is 0.269 e. The third-order valence-electron chi connectivity index (χ3n) is 2.66. The molecule has 2 rings (SSSR count). The first kappa shape index (κ1) is 13.5. The van der Waals surface area contributed by atoms with E-state index >= 15 is 0 Å². The molecule has 2 aromatic rings. The molecule has 0 aliphatic heterocycles. The molecule has 5 heteroatoms. The standard InChI is InChI=1S/C15H11NO4/c17-14-3-1-2-11(10-14)4-9-15(18)12-5-7-13(8-6-12)16(19)20/h1-10,17H/b9-4+. The summed E-state index contributed by atoms with van der Waals surface area (Å²) in [6.07, 6.45) is 2.93. The Balaban J connectivity index is 2.13. The largest absolute Gasteiger partial charge is 0.508 e. The average molecular weight is 269 g/mol. The number of nitro groups is 1. The summed E-state index contributed by atoms with van der Waals surface area (Å²) in [5.74, 6) is -0.141. The van der Waals surface area contributed by atoms with Crippen LogP contribution in [0.3, 0.4) is 0 Å². The van der Waals surface area contributed by atoms with Crippen LogP contribution in [0.25, 0.3) is 6.08 Å². The topological polar surface area (TPSA) is 80.4 Å². The van der Waals surface area contributed by atoms with Crippen LogP contribution < -0.4 is 0 Å². The van der Waals surface area contributed by atoms with Crippen molar-refractivity contribution < 1.29 is 14.8 Å². The SMILES string of the molecule is O=C(/C=C/c1cccc(O)c1)c1ccc([N+](=O)[O-])cc1.